The molecule has 3 N–H and O–H groups in total. The predicted molar refractivity (Wildman–Crippen MR) is 111 cm³/mol. The fraction of sp³-hybridized carbons (Fsp3) is 0.545. The van der Waals surface area contributed by atoms with Crippen LogP contribution in [0.3, 0.4) is 0 Å². The number of esters is 1. The lowest BCUT2D eigenvalue weighted by molar-refractivity contribution is -0.151. The minimum atomic E-state index is -1.09. The number of carbonyl (C=O) groups is 4. The third-order valence-electron chi connectivity index (χ3n) is 5.30. The third kappa shape index (κ3) is 7.36. The second-order valence-corrected chi connectivity index (χ2v) is 7.51. The van der Waals surface area contributed by atoms with E-state index in [1.807, 2.05) is 30.3 Å². The average molecular weight is 434 g/mol. The molecule has 0 unspecified atom stereocenters. The van der Waals surface area contributed by atoms with Crippen LogP contribution in [0.1, 0.15) is 44.6 Å². The van der Waals surface area contributed by atoms with Gasteiger partial charge in [0.15, 0.2) is 0 Å². The number of benzene rings is 1. The van der Waals surface area contributed by atoms with Crippen molar-refractivity contribution in [3.05, 3.63) is 35.9 Å². The van der Waals surface area contributed by atoms with E-state index in [0.29, 0.717) is 25.7 Å². The van der Waals surface area contributed by atoms with Crippen molar-refractivity contribution in [1.29, 1.82) is 0 Å². The van der Waals surface area contributed by atoms with Crippen LogP contribution in [0.5, 0.6) is 0 Å². The number of hydrogen-bond acceptors (Lipinski definition) is 6. The van der Waals surface area contributed by atoms with Crippen molar-refractivity contribution in [3.63, 3.8) is 0 Å². The highest BCUT2D eigenvalue weighted by molar-refractivity contribution is 5.88. The zero-order valence-corrected chi connectivity index (χ0v) is 17.7. The van der Waals surface area contributed by atoms with E-state index in [1.54, 1.807) is 6.92 Å². The molecule has 0 aromatic heterocycles. The second kappa shape index (κ2) is 12.0. The van der Waals surface area contributed by atoms with E-state index in [9.17, 15) is 24.3 Å². The van der Waals surface area contributed by atoms with Gasteiger partial charge in [0.05, 0.1) is 12.6 Å². The summed E-state index contributed by atoms with van der Waals surface area (Å²) in [6, 6.07) is 6.76. The number of nitrogens with one attached hydrogen (secondary N) is 1. The van der Waals surface area contributed by atoms with Gasteiger partial charge in [-0.2, -0.15) is 0 Å². The quantitative estimate of drug-likeness (QED) is 0.421. The second-order valence-electron chi connectivity index (χ2n) is 7.51. The Morgan fingerprint density at radius 1 is 1.13 bits per heavy atom. The van der Waals surface area contributed by atoms with E-state index in [2.05, 4.69) is 5.32 Å². The number of aryl methyl sites for hydroxylation is 1. The smallest absolute Gasteiger partial charge is 0.326 e. The van der Waals surface area contributed by atoms with Crippen molar-refractivity contribution < 1.29 is 34.1 Å². The van der Waals surface area contributed by atoms with Gasteiger partial charge in [0.1, 0.15) is 12.1 Å². The van der Waals surface area contributed by atoms with Gasteiger partial charge < -0.3 is 19.8 Å². The van der Waals surface area contributed by atoms with E-state index < -0.39 is 41.9 Å². The summed E-state index contributed by atoms with van der Waals surface area (Å²) < 4.78 is 5.15. The molecular formula is C22H30N2O7. The summed E-state index contributed by atoms with van der Waals surface area (Å²) in [5.41, 5.74) is 1.01. The highest BCUT2D eigenvalue weighted by Crippen LogP contribution is 2.20. The van der Waals surface area contributed by atoms with Crippen molar-refractivity contribution in [2.45, 2.75) is 63.6 Å². The van der Waals surface area contributed by atoms with Crippen molar-refractivity contribution in [1.82, 2.24) is 10.2 Å². The number of amides is 1. The summed E-state index contributed by atoms with van der Waals surface area (Å²) in [5, 5.41) is 21.5. The molecule has 0 saturated carbocycles. The molecule has 1 aromatic carbocycles. The van der Waals surface area contributed by atoms with E-state index in [4.69, 9.17) is 9.84 Å². The largest absolute Gasteiger partial charge is 0.481 e. The summed E-state index contributed by atoms with van der Waals surface area (Å²) in [6.07, 6.45) is 1.47. The van der Waals surface area contributed by atoms with Crippen LogP contribution < -0.4 is 5.32 Å². The molecule has 9 heteroatoms. The third-order valence-corrected chi connectivity index (χ3v) is 5.30. The van der Waals surface area contributed by atoms with Crippen molar-refractivity contribution in [2.75, 3.05) is 13.2 Å². The number of carbonyl (C=O) groups excluding carboxylic acids is 2. The molecule has 170 valence electrons. The number of hydrogen-bond donors (Lipinski definition) is 3. The van der Waals surface area contributed by atoms with Gasteiger partial charge in [-0.15, -0.1) is 0 Å². The Labute approximate surface area is 181 Å². The first kappa shape index (κ1) is 24.3. The first-order valence-corrected chi connectivity index (χ1v) is 10.5. The monoisotopic (exact) mass is 434 g/mol. The molecule has 1 fully saturated rings. The maximum absolute atomic E-state index is 13.1. The van der Waals surface area contributed by atoms with E-state index in [1.165, 1.54) is 4.90 Å². The zero-order chi connectivity index (χ0) is 22.8. The minimum Gasteiger partial charge on any atom is -0.481 e. The number of nitrogens with zero attached hydrogens (tertiary/aromatic N) is 1. The lowest BCUT2D eigenvalue weighted by Gasteiger charge is -2.29. The lowest BCUT2D eigenvalue weighted by atomic mass is 10.0. The molecule has 1 amide bonds. The summed E-state index contributed by atoms with van der Waals surface area (Å²) >= 11 is 0. The molecule has 0 bridgehead atoms. The van der Waals surface area contributed by atoms with Crippen LogP contribution in [0.15, 0.2) is 30.3 Å². The molecule has 0 aliphatic carbocycles. The molecule has 0 radical (unpaired) electrons. The molecule has 2 rings (SSSR count). The summed E-state index contributed by atoms with van der Waals surface area (Å²) in [4.78, 5) is 49.5. The highest BCUT2D eigenvalue weighted by Gasteiger charge is 2.38. The van der Waals surface area contributed by atoms with Gasteiger partial charge in [0, 0.05) is 13.0 Å². The number of aliphatic carboxylic acids is 2. The van der Waals surface area contributed by atoms with Crippen LogP contribution in [0.4, 0.5) is 0 Å². The zero-order valence-electron chi connectivity index (χ0n) is 17.7. The normalized spacial score (nSPS) is 17.7. The van der Waals surface area contributed by atoms with Crippen LogP contribution in [-0.2, 0) is 30.3 Å². The summed E-state index contributed by atoms with van der Waals surface area (Å²) in [7, 11) is 0. The van der Waals surface area contributed by atoms with Gasteiger partial charge in [-0.1, -0.05) is 30.3 Å². The van der Waals surface area contributed by atoms with Gasteiger partial charge in [0.2, 0.25) is 5.91 Å². The van der Waals surface area contributed by atoms with E-state index in [-0.39, 0.29) is 26.0 Å². The maximum atomic E-state index is 13.1. The first-order valence-electron chi connectivity index (χ1n) is 10.5. The molecular weight excluding hydrogens is 404 g/mol. The van der Waals surface area contributed by atoms with Gasteiger partial charge in [-0.3, -0.25) is 19.7 Å². The molecule has 9 nitrogen and oxygen atoms in total. The van der Waals surface area contributed by atoms with Crippen LogP contribution in [-0.4, -0.2) is 70.2 Å². The lowest BCUT2D eigenvalue weighted by Crippen LogP contribution is -2.54. The topological polar surface area (TPSA) is 133 Å². The molecule has 1 heterocycles. The van der Waals surface area contributed by atoms with E-state index >= 15 is 0 Å². The predicted octanol–water partition coefficient (Wildman–Crippen LogP) is 1.45. The van der Waals surface area contributed by atoms with Gasteiger partial charge in [-0.05, 0) is 44.6 Å². The van der Waals surface area contributed by atoms with Gasteiger partial charge in [0.25, 0.3) is 0 Å². The van der Waals surface area contributed by atoms with Crippen molar-refractivity contribution in [2.24, 2.45) is 0 Å². The van der Waals surface area contributed by atoms with Crippen molar-refractivity contribution >= 4 is 23.8 Å². The molecule has 3 atom stereocenters. The average Bonchev–Trinajstić information content (AvgIpc) is 3.24. The molecule has 1 aliphatic heterocycles. The Bertz CT molecular complexity index is 768. The van der Waals surface area contributed by atoms with Crippen LogP contribution in [0, 0.1) is 0 Å². The Morgan fingerprint density at radius 2 is 1.84 bits per heavy atom. The number of likely N-dealkylation sites (tertiary alicyclic amines) is 1. The fourth-order valence-corrected chi connectivity index (χ4v) is 3.74. The minimum absolute atomic E-state index is 0.0573. The Hall–Kier alpha value is -2.94. The molecule has 1 aromatic rings. The molecule has 0 spiro atoms. The van der Waals surface area contributed by atoms with Gasteiger partial charge >= 0.3 is 17.9 Å². The SMILES string of the molecule is CCOC(=O)[C@H](CCc1ccccc1)N[C@@H](CCC(=O)O)C(=O)N1CCC[C@H]1C(=O)O. The summed E-state index contributed by atoms with van der Waals surface area (Å²) in [5.74, 6) is -3.19. The van der Waals surface area contributed by atoms with E-state index in [0.717, 1.165) is 5.56 Å². The maximum Gasteiger partial charge on any atom is 0.326 e. The first-order chi connectivity index (χ1) is 14.8. The Morgan fingerprint density at radius 3 is 2.45 bits per heavy atom. The molecule has 1 aliphatic rings. The fourth-order valence-electron chi connectivity index (χ4n) is 3.74. The number of carboxylic acids is 2. The standard InChI is InChI=1S/C22H30N2O7/c1-2-31-22(30)17(11-10-15-7-4-3-5-8-15)23-16(12-13-19(25)26)20(27)24-14-6-9-18(24)21(28)29/h3-5,7-8,16-18,23H,2,6,9-14H2,1H3,(H,25,26)(H,28,29)/t16-,17-,18-/m0/s1. The number of carboxylic acid groups (broad SMARTS) is 2. The number of ether oxygens (including phenoxy) is 1. The van der Waals surface area contributed by atoms with Crippen LogP contribution in [0.25, 0.3) is 0 Å². The highest BCUT2D eigenvalue weighted by atomic mass is 16.5. The van der Waals surface area contributed by atoms with Crippen molar-refractivity contribution in [3.8, 4) is 0 Å². The van der Waals surface area contributed by atoms with Gasteiger partial charge in [-0.25, -0.2) is 4.79 Å². The Balaban J connectivity index is 2.17. The van der Waals surface area contributed by atoms with Crippen LogP contribution >= 0.6 is 0 Å². The number of rotatable bonds is 12. The molecule has 31 heavy (non-hydrogen) atoms. The molecule has 1 saturated heterocycles. The Kier molecular flexibility index (Phi) is 9.45. The van der Waals surface area contributed by atoms with Crippen LogP contribution in [0.2, 0.25) is 0 Å². The summed E-state index contributed by atoms with van der Waals surface area (Å²) in [6.45, 7) is 2.14.